The van der Waals surface area contributed by atoms with Crippen LogP contribution in [0, 0.1) is 5.92 Å². The largest absolute Gasteiger partial charge is 0.497 e. The Bertz CT molecular complexity index is 894. The Morgan fingerprint density at radius 3 is 2.70 bits per heavy atom. The SMILES string of the molecule is COC1=C2Oc3c(OC)ccc4c3[C@@]23CCN(C)[C@@H](C4)C3=C[C@H]1C(C)(C)O. The van der Waals surface area contributed by atoms with E-state index in [9.17, 15) is 5.11 Å². The third kappa shape index (κ3) is 1.96. The summed E-state index contributed by atoms with van der Waals surface area (Å²) in [5.74, 6) is 2.94. The highest BCUT2D eigenvalue weighted by molar-refractivity contribution is 5.70. The van der Waals surface area contributed by atoms with Gasteiger partial charge in [0.15, 0.2) is 17.3 Å². The Morgan fingerprint density at radius 2 is 2.04 bits per heavy atom. The van der Waals surface area contributed by atoms with Crippen molar-refractivity contribution in [3.05, 3.63) is 46.4 Å². The zero-order valence-corrected chi connectivity index (χ0v) is 16.6. The number of ether oxygens (including phenoxy) is 3. The van der Waals surface area contributed by atoms with Crippen molar-refractivity contribution in [3.63, 3.8) is 0 Å². The molecule has 2 aliphatic heterocycles. The van der Waals surface area contributed by atoms with Crippen LogP contribution in [0.3, 0.4) is 0 Å². The van der Waals surface area contributed by atoms with Gasteiger partial charge in [-0.15, -0.1) is 0 Å². The molecule has 4 aliphatic rings. The van der Waals surface area contributed by atoms with Gasteiger partial charge in [0, 0.05) is 18.2 Å². The van der Waals surface area contributed by atoms with Crippen molar-refractivity contribution in [2.24, 2.45) is 5.92 Å². The van der Waals surface area contributed by atoms with Crippen molar-refractivity contribution in [2.75, 3.05) is 27.8 Å². The van der Waals surface area contributed by atoms with Crippen LogP contribution in [0.5, 0.6) is 11.5 Å². The van der Waals surface area contributed by atoms with E-state index in [1.807, 2.05) is 19.9 Å². The van der Waals surface area contributed by atoms with Crippen molar-refractivity contribution in [3.8, 4) is 11.5 Å². The summed E-state index contributed by atoms with van der Waals surface area (Å²) in [7, 11) is 5.55. The van der Waals surface area contributed by atoms with Gasteiger partial charge in [-0.2, -0.15) is 0 Å². The molecule has 1 fully saturated rings. The highest BCUT2D eigenvalue weighted by Gasteiger charge is 2.61. The van der Waals surface area contributed by atoms with E-state index in [1.54, 1.807) is 14.2 Å². The standard InChI is InChI=1S/C22H27NO4/c1-21(2,24)14-11-13-15-10-12-6-7-16(25-4)19-17(12)22(13,8-9-23(15)3)20(27-19)18(14)26-5/h6-7,11,14-15,24H,8-10H2,1-5H3/t14-,15+,22+/m1/s1. The predicted molar refractivity (Wildman–Crippen MR) is 102 cm³/mol. The van der Waals surface area contributed by atoms with Gasteiger partial charge in [0.05, 0.1) is 31.2 Å². The summed E-state index contributed by atoms with van der Waals surface area (Å²) in [6.07, 6.45) is 4.15. The molecule has 27 heavy (non-hydrogen) atoms. The van der Waals surface area contributed by atoms with Crippen LogP contribution in [0.2, 0.25) is 0 Å². The molecule has 3 atom stereocenters. The minimum absolute atomic E-state index is 0.239. The molecule has 5 rings (SSSR count). The first-order valence-corrected chi connectivity index (χ1v) is 9.64. The Labute approximate surface area is 160 Å². The van der Waals surface area contributed by atoms with Crippen molar-refractivity contribution in [1.29, 1.82) is 0 Å². The Morgan fingerprint density at radius 1 is 1.26 bits per heavy atom. The van der Waals surface area contributed by atoms with Gasteiger partial charge in [-0.25, -0.2) is 0 Å². The summed E-state index contributed by atoms with van der Waals surface area (Å²) in [6, 6.07) is 4.50. The summed E-state index contributed by atoms with van der Waals surface area (Å²) in [6.45, 7) is 4.67. The molecule has 1 aromatic carbocycles. The molecular weight excluding hydrogens is 342 g/mol. The predicted octanol–water partition coefficient (Wildman–Crippen LogP) is 2.77. The summed E-state index contributed by atoms with van der Waals surface area (Å²) < 4.78 is 18.0. The van der Waals surface area contributed by atoms with Crippen LogP contribution in [0.1, 0.15) is 31.4 Å². The number of likely N-dealkylation sites (tertiary alicyclic amines) is 1. The molecule has 5 nitrogen and oxygen atoms in total. The Kier molecular flexibility index (Phi) is 3.36. The average molecular weight is 369 g/mol. The number of rotatable bonds is 3. The number of benzene rings is 1. The first kappa shape index (κ1) is 17.1. The van der Waals surface area contributed by atoms with Crippen LogP contribution in [0.25, 0.3) is 0 Å². The van der Waals surface area contributed by atoms with E-state index in [0.717, 1.165) is 42.4 Å². The van der Waals surface area contributed by atoms with E-state index in [-0.39, 0.29) is 11.3 Å². The quantitative estimate of drug-likeness (QED) is 0.831. The highest BCUT2D eigenvalue weighted by atomic mass is 16.5. The maximum Gasteiger partial charge on any atom is 0.173 e. The van der Waals surface area contributed by atoms with Gasteiger partial charge in [0.1, 0.15) is 5.76 Å². The van der Waals surface area contributed by atoms with E-state index in [1.165, 1.54) is 16.7 Å². The number of likely N-dealkylation sites (N-methyl/N-ethyl adjacent to an activating group) is 1. The first-order valence-electron chi connectivity index (χ1n) is 9.64. The summed E-state index contributed by atoms with van der Waals surface area (Å²) in [5, 5.41) is 10.9. The molecule has 1 spiro atoms. The molecule has 0 amide bonds. The topological polar surface area (TPSA) is 51.2 Å². The van der Waals surface area contributed by atoms with Gasteiger partial charge in [-0.3, -0.25) is 4.90 Å². The smallest absolute Gasteiger partial charge is 0.173 e. The van der Waals surface area contributed by atoms with Crippen molar-refractivity contribution < 1.29 is 19.3 Å². The normalized spacial score (nSPS) is 31.3. The fraction of sp³-hybridized carbons (Fsp3) is 0.545. The van der Waals surface area contributed by atoms with Crippen LogP contribution in [-0.4, -0.2) is 49.5 Å². The zero-order chi connectivity index (χ0) is 19.1. The Balaban J connectivity index is 1.86. The fourth-order valence-electron chi connectivity index (χ4n) is 5.62. The van der Waals surface area contributed by atoms with Gasteiger partial charge < -0.3 is 19.3 Å². The molecule has 1 saturated heterocycles. The monoisotopic (exact) mass is 369 g/mol. The second kappa shape index (κ2) is 5.30. The van der Waals surface area contributed by atoms with E-state index >= 15 is 0 Å². The lowest BCUT2D eigenvalue weighted by Crippen LogP contribution is -2.56. The number of piperidine rings is 1. The molecule has 1 aromatic rings. The fourth-order valence-corrected chi connectivity index (χ4v) is 5.62. The second-order valence-corrected chi connectivity index (χ2v) is 8.74. The average Bonchev–Trinajstić information content (AvgIpc) is 2.97. The van der Waals surface area contributed by atoms with Crippen LogP contribution in [0.4, 0.5) is 0 Å². The molecule has 5 heteroatoms. The number of allylic oxidation sites excluding steroid dienone is 1. The van der Waals surface area contributed by atoms with Crippen molar-refractivity contribution in [1.82, 2.24) is 4.90 Å². The molecule has 0 aromatic heterocycles. The van der Waals surface area contributed by atoms with E-state index in [2.05, 4.69) is 24.1 Å². The van der Waals surface area contributed by atoms with Gasteiger partial charge in [0.25, 0.3) is 0 Å². The van der Waals surface area contributed by atoms with Crippen molar-refractivity contribution in [2.45, 2.75) is 43.7 Å². The third-order valence-corrected chi connectivity index (χ3v) is 6.92. The number of methoxy groups -OCH3 is 2. The summed E-state index contributed by atoms with van der Waals surface area (Å²) in [5.41, 5.74) is 2.69. The molecule has 1 N–H and O–H groups in total. The molecule has 2 aliphatic carbocycles. The van der Waals surface area contributed by atoms with Gasteiger partial charge in [-0.1, -0.05) is 12.1 Å². The van der Waals surface area contributed by atoms with Crippen LogP contribution in [0.15, 0.2) is 35.3 Å². The van der Waals surface area contributed by atoms with Gasteiger partial charge in [-0.05, 0) is 50.9 Å². The van der Waals surface area contributed by atoms with Crippen LogP contribution in [-0.2, 0) is 16.6 Å². The van der Waals surface area contributed by atoms with E-state index in [0.29, 0.717) is 6.04 Å². The number of nitrogens with zero attached hydrogens (tertiary/aromatic N) is 1. The highest BCUT2D eigenvalue weighted by Crippen LogP contribution is 2.64. The maximum absolute atomic E-state index is 10.9. The lowest BCUT2D eigenvalue weighted by atomic mass is 9.57. The maximum atomic E-state index is 10.9. The first-order chi connectivity index (χ1) is 12.8. The number of hydrogen-bond acceptors (Lipinski definition) is 5. The minimum atomic E-state index is -0.942. The molecule has 2 bridgehead atoms. The summed E-state index contributed by atoms with van der Waals surface area (Å²) in [4.78, 5) is 2.43. The third-order valence-electron chi connectivity index (χ3n) is 6.92. The van der Waals surface area contributed by atoms with E-state index < -0.39 is 5.60 Å². The second-order valence-electron chi connectivity index (χ2n) is 8.74. The van der Waals surface area contributed by atoms with Gasteiger partial charge >= 0.3 is 0 Å². The lowest BCUT2D eigenvalue weighted by molar-refractivity contribution is 0.0196. The number of aliphatic hydroxyl groups is 1. The molecule has 0 unspecified atom stereocenters. The molecule has 144 valence electrons. The molecule has 2 heterocycles. The summed E-state index contributed by atoms with van der Waals surface area (Å²) >= 11 is 0. The van der Waals surface area contributed by atoms with Crippen LogP contribution < -0.4 is 9.47 Å². The zero-order valence-electron chi connectivity index (χ0n) is 16.6. The van der Waals surface area contributed by atoms with Gasteiger partial charge in [0.2, 0.25) is 0 Å². The van der Waals surface area contributed by atoms with E-state index in [4.69, 9.17) is 14.2 Å². The van der Waals surface area contributed by atoms with Crippen LogP contribution >= 0.6 is 0 Å². The molecular formula is C22H27NO4. The molecule has 0 saturated carbocycles. The van der Waals surface area contributed by atoms with Crippen molar-refractivity contribution >= 4 is 0 Å². The minimum Gasteiger partial charge on any atom is -0.497 e. The molecule has 0 radical (unpaired) electrons. The lowest BCUT2D eigenvalue weighted by Gasteiger charge is -2.52. The Hall–Kier alpha value is -1.98. The number of hydrogen-bond donors (Lipinski definition) is 1.